The standard InChI is InChI=1S/C50H34N2/c1-4-14-35(15-5-1)41-31-42(36-16-6-2-7-17-36)33-44(32-41)52-49-23-13-11-21-45(49)46-34-39(27-29-50(46)52)38-26-28-48-40(30-38)25-24-37-18-10-12-22-47(37)51(48)43-19-8-3-9-20-43/h1-34H. The van der Waals surface area contributed by atoms with Crippen LogP contribution in [0.15, 0.2) is 194 Å². The van der Waals surface area contributed by atoms with Gasteiger partial charge in [-0.2, -0.15) is 0 Å². The predicted octanol–water partition coefficient (Wildman–Crippen LogP) is 13.7. The highest BCUT2D eigenvalue weighted by molar-refractivity contribution is 6.11. The minimum absolute atomic E-state index is 1.15. The van der Waals surface area contributed by atoms with Crippen molar-refractivity contribution in [1.29, 1.82) is 0 Å². The van der Waals surface area contributed by atoms with E-state index in [1.807, 2.05) is 0 Å². The molecule has 0 unspecified atom stereocenters. The summed E-state index contributed by atoms with van der Waals surface area (Å²) in [5, 5.41) is 2.48. The van der Waals surface area contributed by atoms with Crippen molar-refractivity contribution in [3.05, 3.63) is 205 Å². The first-order valence-corrected chi connectivity index (χ1v) is 17.8. The number of nitrogens with zero attached hydrogens (tertiary/aromatic N) is 2. The predicted molar refractivity (Wildman–Crippen MR) is 221 cm³/mol. The Hall–Kier alpha value is -6.90. The molecule has 9 aromatic rings. The molecule has 0 amide bonds. The molecule has 0 atom stereocenters. The van der Waals surface area contributed by atoms with E-state index < -0.39 is 0 Å². The van der Waals surface area contributed by atoms with Crippen LogP contribution >= 0.6 is 0 Å². The Morgan fingerprint density at radius 2 is 0.846 bits per heavy atom. The summed E-state index contributed by atoms with van der Waals surface area (Å²) in [6.07, 6.45) is 4.50. The summed E-state index contributed by atoms with van der Waals surface area (Å²) >= 11 is 0. The highest BCUT2D eigenvalue weighted by Gasteiger charge is 2.21. The zero-order valence-corrected chi connectivity index (χ0v) is 28.5. The van der Waals surface area contributed by atoms with Gasteiger partial charge in [-0.1, -0.05) is 140 Å². The van der Waals surface area contributed by atoms with Crippen molar-refractivity contribution in [2.75, 3.05) is 4.90 Å². The molecule has 0 saturated heterocycles. The highest BCUT2D eigenvalue weighted by atomic mass is 15.1. The monoisotopic (exact) mass is 662 g/mol. The summed E-state index contributed by atoms with van der Waals surface area (Å²) in [7, 11) is 0. The Morgan fingerprint density at radius 1 is 0.288 bits per heavy atom. The van der Waals surface area contributed by atoms with E-state index in [4.69, 9.17) is 0 Å². The minimum atomic E-state index is 1.15. The largest absolute Gasteiger partial charge is 0.309 e. The van der Waals surface area contributed by atoms with Crippen molar-refractivity contribution in [2.24, 2.45) is 0 Å². The molecule has 244 valence electrons. The van der Waals surface area contributed by atoms with E-state index >= 15 is 0 Å². The Balaban J connectivity index is 1.13. The molecule has 2 heteroatoms. The van der Waals surface area contributed by atoms with Gasteiger partial charge in [-0.05, 0) is 111 Å². The summed E-state index contributed by atoms with van der Waals surface area (Å²) in [5.74, 6) is 0. The average molecular weight is 663 g/mol. The average Bonchev–Trinajstić information content (AvgIpc) is 3.45. The maximum absolute atomic E-state index is 2.43. The second kappa shape index (κ2) is 12.5. The summed E-state index contributed by atoms with van der Waals surface area (Å²) in [4.78, 5) is 2.37. The number of rotatable bonds is 5. The van der Waals surface area contributed by atoms with Gasteiger partial charge in [0.15, 0.2) is 0 Å². The molecular formula is C50H34N2. The molecule has 8 aromatic carbocycles. The highest BCUT2D eigenvalue weighted by Crippen LogP contribution is 2.44. The molecule has 1 aliphatic rings. The number of aromatic nitrogens is 1. The third kappa shape index (κ3) is 5.12. The van der Waals surface area contributed by atoms with Crippen molar-refractivity contribution in [3.8, 4) is 39.1 Å². The molecule has 0 spiro atoms. The second-order valence-corrected chi connectivity index (χ2v) is 13.4. The number of hydrogen-bond donors (Lipinski definition) is 0. The molecule has 1 aliphatic heterocycles. The van der Waals surface area contributed by atoms with Gasteiger partial charge in [-0.15, -0.1) is 0 Å². The number of benzene rings is 8. The SMILES string of the molecule is C1=Cc2cc(-c3ccc4c(c3)c3ccccc3n4-c3cc(-c4ccccc4)cc(-c4ccccc4)c3)ccc2N(c2ccccc2)c2ccccc21. The zero-order valence-electron chi connectivity index (χ0n) is 28.5. The van der Waals surface area contributed by atoms with Gasteiger partial charge >= 0.3 is 0 Å². The Kier molecular flexibility index (Phi) is 7.18. The van der Waals surface area contributed by atoms with Gasteiger partial charge in [0, 0.05) is 22.1 Å². The lowest BCUT2D eigenvalue weighted by Crippen LogP contribution is -2.11. The molecule has 0 N–H and O–H groups in total. The van der Waals surface area contributed by atoms with E-state index in [0.29, 0.717) is 0 Å². The molecule has 0 saturated carbocycles. The second-order valence-electron chi connectivity index (χ2n) is 13.4. The third-order valence-electron chi connectivity index (χ3n) is 10.3. The van der Waals surface area contributed by atoms with Gasteiger partial charge < -0.3 is 9.47 Å². The minimum Gasteiger partial charge on any atom is -0.309 e. The van der Waals surface area contributed by atoms with Gasteiger partial charge in [0.25, 0.3) is 0 Å². The number of fused-ring (bicyclic) bond motifs is 5. The van der Waals surface area contributed by atoms with Gasteiger partial charge in [-0.3, -0.25) is 0 Å². The molecule has 10 rings (SSSR count). The van der Waals surface area contributed by atoms with Crippen LogP contribution < -0.4 is 4.90 Å². The third-order valence-corrected chi connectivity index (χ3v) is 10.3. The molecule has 2 nitrogen and oxygen atoms in total. The lowest BCUT2D eigenvalue weighted by molar-refractivity contribution is 1.18. The normalized spacial score (nSPS) is 12.1. The summed E-state index contributed by atoms with van der Waals surface area (Å²) < 4.78 is 2.43. The number of anilines is 3. The Bertz CT molecular complexity index is 2720. The Labute approximate surface area is 303 Å². The van der Waals surface area contributed by atoms with E-state index in [9.17, 15) is 0 Å². The molecule has 0 aliphatic carbocycles. The van der Waals surface area contributed by atoms with Crippen LogP contribution in [-0.4, -0.2) is 4.57 Å². The lowest BCUT2D eigenvalue weighted by Gasteiger charge is -2.27. The fourth-order valence-corrected chi connectivity index (χ4v) is 7.83. The van der Waals surface area contributed by atoms with Crippen molar-refractivity contribution >= 4 is 51.0 Å². The van der Waals surface area contributed by atoms with E-state index in [2.05, 4.69) is 216 Å². The van der Waals surface area contributed by atoms with E-state index in [0.717, 1.165) is 11.4 Å². The van der Waals surface area contributed by atoms with E-state index in [1.165, 1.54) is 77.7 Å². The smallest absolute Gasteiger partial charge is 0.0541 e. The van der Waals surface area contributed by atoms with Gasteiger partial charge in [-0.25, -0.2) is 0 Å². The molecule has 52 heavy (non-hydrogen) atoms. The van der Waals surface area contributed by atoms with Crippen LogP contribution in [0, 0.1) is 0 Å². The molecule has 0 bridgehead atoms. The first-order chi connectivity index (χ1) is 25.8. The van der Waals surface area contributed by atoms with Crippen LogP contribution in [-0.2, 0) is 0 Å². The summed E-state index contributed by atoms with van der Waals surface area (Å²) in [6.45, 7) is 0. The molecule has 0 fully saturated rings. The fraction of sp³-hybridized carbons (Fsp3) is 0. The van der Waals surface area contributed by atoms with Crippen LogP contribution in [0.5, 0.6) is 0 Å². The van der Waals surface area contributed by atoms with Gasteiger partial charge in [0.1, 0.15) is 0 Å². The first kappa shape index (κ1) is 30.0. The van der Waals surface area contributed by atoms with Crippen LogP contribution in [0.3, 0.4) is 0 Å². The van der Waals surface area contributed by atoms with E-state index in [-0.39, 0.29) is 0 Å². The molecule has 0 radical (unpaired) electrons. The maximum Gasteiger partial charge on any atom is 0.0541 e. The summed E-state index contributed by atoms with van der Waals surface area (Å²) in [5.41, 5.74) is 16.6. The lowest BCUT2D eigenvalue weighted by atomic mass is 9.98. The number of hydrogen-bond acceptors (Lipinski definition) is 1. The first-order valence-electron chi connectivity index (χ1n) is 17.8. The van der Waals surface area contributed by atoms with E-state index in [1.54, 1.807) is 0 Å². The number of para-hydroxylation sites is 3. The van der Waals surface area contributed by atoms with Crippen molar-refractivity contribution in [1.82, 2.24) is 4.57 Å². The zero-order chi connectivity index (χ0) is 34.4. The van der Waals surface area contributed by atoms with Crippen LogP contribution in [0.1, 0.15) is 11.1 Å². The Morgan fingerprint density at radius 3 is 1.60 bits per heavy atom. The van der Waals surface area contributed by atoms with Gasteiger partial charge in [0.05, 0.1) is 22.4 Å². The van der Waals surface area contributed by atoms with Crippen LogP contribution in [0.2, 0.25) is 0 Å². The maximum atomic E-state index is 2.43. The van der Waals surface area contributed by atoms with Gasteiger partial charge in [0.2, 0.25) is 0 Å². The molecule has 2 heterocycles. The van der Waals surface area contributed by atoms with Crippen molar-refractivity contribution in [2.45, 2.75) is 0 Å². The summed E-state index contributed by atoms with van der Waals surface area (Å²) in [6, 6.07) is 70.3. The van der Waals surface area contributed by atoms with Crippen LogP contribution in [0.4, 0.5) is 17.1 Å². The van der Waals surface area contributed by atoms with Crippen LogP contribution in [0.25, 0.3) is 73.0 Å². The van der Waals surface area contributed by atoms with Crippen molar-refractivity contribution in [3.63, 3.8) is 0 Å². The topological polar surface area (TPSA) is 8.17 Å². The molecule has 1 aromatic heterocycles. The van der Waals surface area contributed by atoms with Crippen molar-refractivity contribution < 1.29 is 0 Å². The molecular weight excluding hydrogens is 629 g/mol. The quantitative estimate of drug-likeness (QED) is 0.178. The fourth-order valence-electron chi connectivity index (χ4n) is 7.83.